The van der Waals surface area contributed by atoms with Crippen molar-refractivity contribution in [1.82, 2.24) is 15.2 Å². The van der Waals surface area contributed by atoms with E-state index < -0.39 is 0 Å². The smallest absolute Gasteiger partial charge is 0.253 e. The number of likely N-dealkylation sites (tertiary alicyclic amines) is 1. The number of carbonyl (C=O) groups is 1. The van der Waals surface area contributed by atoms with Gasteiger partial charge >= 0.3 is 0 Å². The monoisotopic (exact) mass is 276 g/mol. The van der Waals surface area contributed by atoms with Gasteiger partial charge in [0.05, 0.1) is 5.56 Å². The summed E-state index contributed by atoms with van der Waals surface area (Å²) in [7, 11) is 0. The number of rotatable bonds is 5. The van der Waals surface area contributed by atoms with Gasteiger partial charge in [-0.05, 0) is 45.0 Å². The molecule has 1 atom stereocenters. The predicted octanol–water partition coefficient (Wildman–Crippen LogP) is 1.73. The van der Waals surface area contributed by atoms with Crippen LogP contribution in [0.4, 0.5) is 5.82 Å². The van der Waals surface area contributed by atoms with Gasteiger partial charge in [0.25, 0.3) is 5.91 Å². The standard InChI is InChI=1S/C15H24N4O/c1-3-16-14-8-7-12(10-17-14)15(20)18-13-6-5-9-19(4-2)11-13/h7-8,10,13H,3-6,9,11H2,1-2H3,(H,16,17)(H,18,20). The molecule has 0 saturated carbocycles. The first-order valence-corrected chi connectivity index (χ1v) is 7.46. The second-order valence-corrected chi connectivity index (χ2v) is 5.17. The number of anilines is 1. The van der Waals surface area contributed by atoms with Gasteiger partial charge in [0.1, 0.15) is 5.82 Å². The van der Waals surface area contributed by atoms with Crippen LogP contribution in [0.25, 0.3) is 0 Å². The number of amides is 1. The maximum Gasteiger partial charge on any atom is 0.253 e. The summed E-state index contributed by atoms with van der Waals surface area (Å²) in [5, 5.41) is 6.23. The summed E-state index contributed by atoms with van der Waals surface area (Å²) in [5.74, 6) is 0.780. The number of aromatic nitrogens is 1. The van der Waals surface area contributed by atoms with Crippen molar-refractivity contribution >= 4 is 11.7 Å². The molecule has 0 aromatic carbocycles. The Morgan fingerprint density at radius 3 is 2.95 bits per heavy atom. The maximum absolute atomic E-state index is 12.2. The third-order valence-electron chi connectivity index (χ3n) is 3.67. The van der Waals surface area contributed by atoms with Crippen LogP contribution in [0.5, 0.6) is 0 Å². The highest BCUT2D eigenvalue weighted by atomic mass is 16.1. The average molecular weight is 276 g/mol. The summed E-state index contributed by atoms with van der Waals surface area (Å²) in [6.07, 6.45) is 3.84. The van der Waals surface area contributed by atoms with Gasteiger partial charge in [0.2, 0.25) is 0 Å². The minimum Gasteiger partial charge on any atom is -0.370 e. The molecule has 0 spiro atoms. The topological polar surface area (TPSA) is 57.3 Å². The van der Waals surface area contributed by atoms with Crippen LogP contribution < -0.4 is 10.6 Å². The molecule has 0 aliphatic carbocycles. The van der Waals surface area contributed by atoms with Crippen molar-refractivity contribution in [1.29, 1.82) is 0 Å². The summed E-state index contributed by atoms with van der Waals surface area (Å²) in [6, 6.07) is 3.92. The summed E-state index contributed by atoms with van der Waals surface area (Å²) in [6.45, 7) is 8.14. The number of hydrogen-bond acceptors (Lipinski definition) is 4. The number of carbonyl (C=O) groups excluding carboxylic acids is 1. The molecule has 20 heavy (non-hydrogen) atoms. The van der Waals surface area contributed by atoms with Crippen molar-refractivity contribution in [2.75, 3.05) is 31.5 Å². The van der Waals surface area contributed by atoms with Crippen molar-refractivity contribution in [3.8, 4) is 0 Å². The zero-order valence-corrected chi connectivity index (χ0v) is 12.4. The Hall–Kier alpha value is -1.62. The molecule has 1 aliphatic heterocycles. The van der Waals surface area contributed by atoms with E-state index in [9.17, 15) is 4.79 Å². The lowest BCUT2D eigenvalue weighted by Gasteiger charge is -2.32. The number of hydrogen-bond donors (Lipinski definition) is 2. The van der Waals surface area contributed by atoms with Crippen molar-refractivity contribution in [2.24, 2.45) is 0 Å². The average Bonchev–Trinajstić information content (AvgIpc) is 2.48. The zero-order chi connectivity index (χ0) is 14.4. The van der Waals surface area contributed by atoms with Gasteiger partial charge in [-0.3, -0.25) is 4.79 Å². The Kier molecular flexibility index (Phi) is 5.35. The first-order chi connectivity index (χ1) is 9.72. The SMILES string of the molecule is CCNc1ccc(C(=O)NC2CCCN(CC)C2)cn1. The van der Waals surface area contributed by atoms with E-state index >= 15 is 0 Å². The second-order valence-electron chi connectivity index (χ2n) is 5.17. The molecule has 2 heterocycles. The van der Waals surface area contributed by atoms with E-state index in [0.717, 1.165) is 44.8 Å². The third kappa shape index (κ3) is 3.93. The molecule has 1 saturated heterocycles. The number of nitrogens with zero attached hydrogens (tertiary/aromatic N) is 2. The van der Waals surface area contributed by atoms with Gasteiger partial charge in [-0.25, -0.2) is 4.98 Å². The van der Waals surface area contributed by atoms with Gasteiger partial charge in [-0.2, -0.15) is 0 Å². The van der Waals surface area contributed by atoms with Gasteiger partial charge in [-0.15, -0.1) is 0 Å². The number of pyridine rings is 1. The van der Waals surface area contributed by atoms with E-state index in [4.69, 9.17) is 0 Å². The fourth-order valence-electron chi connectivity index (χ4n) is 2.54. The number of likely N-dealkylation sites (N-methyl/N-ethyl adjacent to an activating group) is 1. The van der Waals surface area contributed by atoms with Crippen LogP contribution in [0.15, 0.2) is 18.3 Å². The highest BCUT2D eigenvalue weighted by molar-refractivity contribution is 5.94. The van der Waals surface area contributed by atoms with Crippen LogP contribution >= 0.6 is 0 Å². The van der Waals surface area contributed by atoms with E-state index in [2.05, 4.69) is 27.4 Å². The molecule has 1 unspecified atom stereocenters. The lowest BCUT2D eigenvalue weighted by molar-refractivity contribution is 0.0905. The van der Waals surface area contributed by atoms with Crippen LogP contribution in [0.2, 0.25) is 0 Å². The number of nitrogens with one attached hydrogen (secondary N) is 2. The molecule has 2 N–H and O–H groups in total. The summed E-state index contributed by atoms with van der Waals surface area (Å²) < 4.78 is 0. The molecule has 110 valence electrons. The first-order valence-electron chi connectivity index (χ1n) is 7.46. The lowest BCUT2D eigenvalue weighted by Crippen LogP contribution is -2.47. The molecule has 1 amide bonds. The van der Waals surface area contributed by atoms with E-state index in [1.54, 1.807) is 6.20 Å². The molecule has 1 aromatic rings. The van der Waals surface area contributed by atoms with Crippen molar-refractivity contribution < 1.29 is 4.79 Å². The van der Waals surface area contributed by atoms with Gasteiger partial charge in [-0.1, -0.05) is 6.92 Å². The van der Waals surface area contributed by atoms with Crippen molar-refractivity contribution in [2.45, 2.75) is 32.7 Å². The van der Waals surface area contributed by atoms with E-state index in [1.807, 2.05) is 19.1 Å². The minimum atomic E-state index is -0.0245. The Bertz CT molecular complexity index is 432. The minimum absolute atomic E-state index is 0.0245. The zero-order valence-electron chi connectivity index (χ0n) is 12.4. The fourth-order valence-corrected chi connectivity index (χ4v) is 2.54. The van der Waals surface area contributed by atoms with Gasteiger partial charge in [0.15, 0.2) is 0 Å². The molecule has 1 aromatic heterocycles. The molecule has 5 nitrogen and oxygen atoms in total. The largest absolute Gasteiger partial charge is 0.370 e. The second kappa shape index (κ2) is 7.24. The number of piperidine rings is 1. The summed E-state index contributed by atoms with van der Waals surface area (Å²) in [4.78, 5) is 18.8. The van der Waals surface area contributed by atoms with Crippen LogP contribution in [-0.2, 0) is 0 Å². The Balaban J connectivity index is 1.90. The normalized spacial score (nSPS) is 19.6. The Labute approximate surface area is 120 Å². The molecule has 2 rings (SSSR count). The van der Waals surface area contributed by atoms with Crippen LogP contribution in [0, 0.1) is 0 Å². The summed E-state index contributed by atoms with van der Waals surface area (Å²) in [5.41, 5.74) is 0.625. The van der Waals surface area contributed by atoms with Gasteiger partial charge in [0, 0.05) is 25.3 Å². The maximum atomic E-state index is 12.2. The van der Waals surface area contributed by atoms with E-state index in [-0.39, 0.29) is 11.9 Å². The quantitative estimate of drug-likeness (QED) is 0.860. The molecule has 1 fully saturated rings. The van der Waals surface area contributed by atoms with Crippen LogP contribution in [-0.4, -0.2) is 48.0 Å². The lowest BCUT2D eigenvalue weighted by atomic mass is 10.1. The predicted molar refractivity (Wildman–Crippen MR) is 81.0 cm³/mol. The third-order valence-corrected chi connectivity index (χ3v) is 3.67. The van der Waals surface area contributed by atoms with Crippen LogP contribution in [0.1, 0.15) is 37.0 Å². The Morgan fingerprint density at radius 2 is 2.30 bits per heavy atom. The molecule has 5 heteroatoms. The molecule has 1 aliphatic rings. The summed E-state index contributed by atoms with van der Waals surface area (Å²) >= 11 is 0. The fraction of sp³-hybridized carbons (Fsp3) is 0.600. The van der Waals surface area contributed by atoms with E-state index in [0.29, 0.717) is 5.56 Å². The highest BCUT2D eigenvalue weighted by Gasteiger charge is 2.20. The van der Waals surface area contributed by atoms with Crippen LogP contribution in [0.3, 0.4) is 0 Å². The molecule has 0 bridgehead atoms. The van der Waals surface area contributed by atoms with Crippen molar-refractivity contribution in [3.63, 3.8) is 0 Å². The highest BCUT2D eigenvalue weighted by Crippen LogP contribution is 2.11. The van der Waals surface area contributed by atoms with E-state index in [1.165, 1.54) is 0 Å². The first kappa shape index (κ1) is 14.8. The molecular weight excluding hydrogens is 252 g/mol. The van der Waals surface area contributed by atoms with Crippen molar-refractivity contribution in [3.05, 3.63) is 23.9 Å². The molecule has 0 radical (unpaired) electrons. The Morgan fingerprint density at radius 1 is 1.45 bits per heavy atom. The molecular formula is C15H24N4O. The van der Waals surface area contributed by atoms with Gasteiger partial charge < -0.3 is 15.5 Å².